The first-order chi connectivity index (χ1) is 51.5. The van der Waals surface area contributed by atoms with E-state index in [0.717, 1.165) is 89.2 Å². The number of aryl methyl sites for hydroxylation is 3. The van der Waals surface area contributed by atoms with Crippen LogP contribution in [0.3, 0.4) is 0 Å². The average molecular weight is 1540 g/mol. The lowest BCUT2D eigenvalue weighted by molar-refractivity contribution is 0.101. The second kappa shape index (κ2) is 32.5. The molecule has 0 fully saturated rings. The number of rotatable bonds is 11. The number of ketones is 1. The summed E-state index contributed by atoms with van der Waals surface area (Å²) in [6.07, 6.45) is -0.186. The molecular formula is C82H58F6IN15O3. The molecule has 0 unspecified atom stereocenters. The van der Waals surface area contributed by atoms with E-state index in [9.17, 15) is 41.0 Å². The standard InChI is InChI=1S/C18H13F2N3O.C16H10F2IN3.C16H11F2N3.C16H13N3O.C16H11N3O/c1-10-16(11(2)24)17-15(7-13(9-22-17)18(19)20)23(10)14-5-3-12(8-21)4-6-14;1-9-14(19)15-13(6-11(8-21-15)16(17)18)22(9)12-4-2-10(7-20)3-5-12;1-10-6-14-15(7-12(9-20-14)16(17)18)21(10)13-4-2-11(8-19)3-5-13;2*1-11-6-15-16(7-13(10-20)9-18-15)19(11)14-4-2-12(8-17)3-5-14/h3-7,9,18H,1-2H3;2-6,8,16H,1H3;2-7,9,16H,1H3;2-7,9,20H,10H2,1H3;2-7,9-10H,1H3. The Morgan fingerprint density at radius 2 is 0.729 bits per heavy atom. The zero-order valence-electron chi connectivity index (χ0n) is 57.7. The van der Waals surface area contributed by atoms with Gasteiger partial charge in [-0.1, -0.05) is 0 Å². The average Bonchev–Trinajstić information content (AvgIpc) is 1.63. The molecule has 1 N–H and O–H groups in total. The van der Waals surface area contributed by atoms with Crippen LogP contribution in [0, 0.1) is 94.8 Å². The molecule has 10 heterocycles. The van der Waals surface area contributed by atoms with Gasteiger partial charge in [0.15, 0.2) is 12.1 Å². The summed E-state index contributed by atoms with van der Waals surface area (Å²) >= 11 is 2.17. The molecule has 528 valence electrons. The number of carbonyl (C=O) groups is 2. The van der Waals surface area contributed by atoms with Crippen molar-refractivity contribution in [2.75, 3.05) is 0 Å². The second-order valence-corrected chi connectivity index (χ2v) is 25.4. The van der Waals surface area contributed by atoms with Gasteiger partial charge < -0.3 is 27.9 Å². The Hall–Kier alpha value is -13.4. The Morgan fingerprint density at radius 3 is 1.08 bits per heavy atom. The minimum atomic E-state index is -2.65. The van der Waals surface area contributed by atoms with Crippen molar-refractivity contribution in [3.63, 3.8) is 0 Å². The topological polar surface area (TPSA) is 262 Å². The lowest BCUT2D eigenvalue weighted by Crippen LogP contribution is -2.00. The molecule has 0 saturated heterocycles. The number of carbonyl (C=O) groups excluding carboxylic acids is 2. The Balaban J connectivity index is 0.000000133. The molecule has 15 aromatic rings. The Kier molecular flexibility index (Phi) is 22.7. The van der Waals surface area contributed by atoms with Crippen LogP contribution in [-0.2, 0) is 6.61 Å². The zero-order valence-corrected chi connectivity index (χ0v) is 59.8. The van der Waals surface area contributed by atoms with Crippen molar-refractivity contribution in [2.45, 2.75) is 67.4 Å². The molecule has 0 aliphatic heterocycles. The van der Waals surface area contributed by atoms with Crippen LogP contribution in [0.2, 0.25) is 0 Å². The van der Waals surface area contributed by atoms with Crippen LogP contribution < -0.4 is 0 Å². The third-order valence-electron chi connectivity index (χ3n) is 17.4. The van der Waals surface area contributed by atoms with E-state index in [0.29, 0.717) is 83.4 Å². The molecule has 25 heteroatoms. The maximum absolute atomic E-state index is 13.0. The van der Waals surface area contributed by atoms with E-state index < -0.39 is 19.3 Å². The number of hydrogen-bond acceptors (Lipinski definition) is 13. The second-order valence-electron chi connectivity index (χ2n) is 24.3. The number of hydrogen-bond donors (Lipinski definition) is 1. The molecule has 0 saturated carbocycles. The van der Waals surface area contributed by atoms with Crippen molar-refractivity contribution < 1.29 is 41.0 Å². The van der Waals surface area contributed by atoms with E-state index in [1.165, 1.54) is 37.5 Å². The molecule has 0 aliphatic rings. The SMILES string of the molecule is CC(=O)c1c(C)n(-c2ccc(C#N)cc2)c2cc(C(F)F)cnc12.Cc1c(I)c2ncc(C(F)F)cc2n1-c1ccc(C#N)cc1.Cc1cc2ncc(C(F)F)cc2n1-c1ccc(C#N)cc1.Cc1cc2ncc(C=O)cc2n1-c1ccc(C#N)cc1.Cc1cc2ncc(CO)cc2n1-c1ccc(C#N)cc1. The Bertz CT molecular complexity index is 6110. The summed E-state index contributed by atoms with van der Waals surface area (Å²) in [7, 11) is 0. The monoisotopic (exact) mass is 1540 g/mol. The Labute approximate surface area is 621 Å². The molecule has 107 heavy (non-hydrogen) atoms. The number of aliphatic hydroxyl groups is 1. The van der Waals surface area contributed by atoms with E-state index >= 15 is 0 Å². The Morgan fingerprint density at radius 1 is 0.421 bits per heavy atom. The van der Waals surface area contributed by atoms with Crippen molar-refractivity contribution in [1.29, 1.82) is 26.3 Å². The number of nitriles is 5. The maximum atomic E-state index is 13.0. The van der Waals surface area contributed by atoms with Gasteiger partial charge in [0, 0.05) is 110 Å². The summed E-state index contributed by atoms with van der Waals surface area (Å²) in [5.41, 5.74) is 20.0. The number of halogens is 7. The third-order valence-corrected chi connectivity index (χ3v) is 18.7. The first kappa shape index (κ1) is 74.8. The summed E-state index contributed by atoms with van der Waals surface area (Å²) in [6, 6.07) is 59.7. The minimum Gasteiger partial charge on any atom is -0.392 e. The zero-order chi connectivity index (χ0) is 76.5. The van der Waals surface area contributed by atoms with Crippen LogP contribution in [0.1, 0.15) is 125 Å². The van der Waals surface area contributed by atoms with Crippen LogP contribution in [-0.4, -0.2) is 64.9 Å². The molecule has 0 amide bonds. The van der Waals surface area contributed by atoms with Gasteiger partial charge in [0.2, 0.25) is 0 Å². The van der Waals surface area contributed by atoms with E-state index in [1.54, 1.807) is 121 Å². The van der Waals surface area contributed by atoms with Gasteiger partial charge in [-0.05, 0) is 240 Å². The fourth-order valence-corrected chi connectivity index (χ4v) is 13.0. The number of alkyl halides is 6. The molecule has 0 spiro atoms. The highest BCUT2D eigenvalue weighted by atomic mass is 127. The highest BCUT2D eigenvalue weighted by Gasteiger charge is 2.23. The van der Waals surface area contributed by atoms with Gasteiger partial charge in [-0.2, -0.15) is 26.3 Å². The molecule has 0 bridgehead atoms. The van der Waals surface area contributed by atoms with Crippen molar-refractivity contribution in [3.8, 4) is 58.8 Å². The number of benzene rings is 5. The van der Waals surface area contributed by atoms with E-state index in [1.807, 2.05) is 102 Å². The molecular weight excluding hydrogens is 1480 g/mol. The summed E-state index contributed by atoms with van der Waals surface area (Å²) in [4.78, 5) is 43.9. The molecule has 0 atom stereocenters. The van der Waals surface area contributed by atoms with Crippen LogP contribution >= 0.6 is 22.6 Å². The summed E-state index contributed by atoms with van der Waals surface area (Å²) in [5.74, 6) is -0.179. The van der Waals surface area contributed by atoms with Crippen molar-refractivity contribution in [2.24, 2.45) is 0 Å². The number of pyridine rings is 5. The molecule has 10 aromatic heterocycles. The lowest BCUT2D eigenvalue weighted by Gasteiger charge is -2.09. The largest absolute Gasteiger partial charge is 0.392 e. The van der Waals surface area contributed by atoms with Gasteiger partial charge in [-0.3, -0.25) is 34.5 Å². The molecule has 15 rings (SSSR count). The van der Waals surface area contributed by atoms with Crippen LogP contribution in [0.4, 0.5) is 26.3 Å². The molecule has 0 aliphatic carbocycles. The molecule has 5 aromatic carbocycles. The van der Waals surface area contributed by atoms with E-state index in [4.69, 9.17) is 26.3 Å². The predicted molar refractivity (Wildman–Crippen MR) is 402 cm³/mol. The highest BCUT2D eigenvalue weighted by Crippen LogP contribution is 2.35. The summed E-state index contributed by atoms with van der Waals surface area (Å²) in [5, 5.41) is 53.6. The van der Waals surface area contributed by atoms with Gasteiger partial charge in [-0.25, -0.2) is 26.3 Å². The van der Waals surface area contributed by atoms with E-state index in [2.05, 4.69) is 76.4 Å². The highest BCUT2D eigenvalue weighted by molar-refractivity contribution is 14.1. The smallest absolute Gasteiger partial charge is 0.265 e. The quantitative estimate of drug-likeness (QED) is 0.0547. The van der Waals surface area contributed by atoms with Gasteiger partial charge in [0.25, 0.3) is 19.3 Å². The third kappa shape index (κ3) is 15.8. The summed E-state index contributed by atoms with van der Waals surface area (Å²) < 4.78 is 88.2. The van der Waals surface area contributed by atoms with Crippen molar-refractivity contribution >= 4 is 89.8 Å². The number of aldehydes is 1. The first-order valence-corrected chi connectivity index (χ1v) is 33.6. The number of aliphatic hydroxyl groups excluding tert-OH is 1. The fraction of sp³-hybridized carbons (Fsp3) is 0.122. The predicted octanol–water partition coefficient (Wildman–Crippen LogP) is 19.0. The van der Waals surface area contributed by atoms with Gasteiger partial charge in [0.05, 0.1) is 124 Å². The van der Waals surface area contributed by atoms with Gasteiger partial charge in [0.1, 0.15) is 5.52 Å². The van der Waals surface area contributed by atoms with E-state index in [-0.39, 0.29) is 29.1 Å². The summed E-state index contributed by atoms with van der Waals surface area (Å²) in [6.45, 7) is 11.0. The van der Waals surface area contributed by atoms with Gasteiger partial charge in [-0.15, -0.1) is 0 Å². The number of Topliss-reactive ketones (excluding diaryl/α,β-unsaturated/α-hetero) is 1. The lowest BCUT2D eigenvalue weighted by atomic mass is 10.1. The van der Waals surface area contributed by atoms with Crippen molar-refractivity contribution in [3.05, 3.63) is 294 Å². The number of fused-ring (bicyclic) bond motifs is 5. The molecule has 0 radical (unpaired) electrons. The van der Waals surface area contributed by atoms with Crippen LogP contribution in [0.5, 0.6) is 0 Å². The van der Waals surface area contributed by atoms with Gasteiger partial charge >= 0.3 is 0 Å². The van der Waals surface area contributed by atoms with Crippen LogP contribution in [0.15, 0.2) is 201 Å². The van der Waals surface area contributed by atoms with Crippen LogP contribution in [0.25, 0.3) is 83.6 Å². The number of nitrogens with zero attached hydrogens (tertiary/aromatic N) is 15. The molecule has 18 nitrogen and oxygen atoms in total. The first-order valence-electron chi connectivity index (χ1n) is 32.6. The minimum absolute atomic E-state index is 0.0272. The fourth-order valence-electron chi connectivity index (χ4n) is 12.3. The van der Waals surface area contributed by atoms with Crippen molar-refractivity contribution in [1.82, 2.24) is 47.8 Å². The number of aromatic nitrogens is 10. The normalized spacial score (nSPS) is 10.8. The maximum Gasteiger partial charge on any atom is 0.265 e.